The van der Waals surface area contributed by atoms with Crippen LogP contribution >= 0.6 is 11.6 Å². The Morgan fingerprint density at radius 3 is 2.55 bits per heavy atom. The van der Waals surface area contributed by atoms with Crippen LogP contribution in [0.5, 0.6) is 5.75 Å². The molecule has 2 aromatic rings. The fraction of sp³-hybridized carbons (Fsp3) is 0.417. The number of likely N-dealkylation sites (N-methyl/N-ethyl adjacent to an activating group) is 1. The highest BCUT2D eigenvalue weighted by atomic mass is 35.5. The van der Waals surface area contributed by atoms with Gasteiger partial charge in [-0.3, -0.25) is 4.79 Å². The average Bonchev–Trinajstić information content (AvgIpc) is 2.82. The second kappa shape index (κ2) is 13.7. The van der Waals surface area contributed by atoms with Crippen molar-refractivity contribution in [2.75, 3.05) is 40.5 Å². The van der Waals surface area contributed by atoms with E-state index in [4.69, 9.17) is 21.1 Å². The Labute approximate surface area is 199 Å². The number of carbonyl (C=O) groups is 2. The first-order valence-corrected chi connectivity index (χ1v) is 11.2. The minimum atomic E-state index is -0.536. The quantitative estimate of drug-likeness (QED) is 0.404. The van der Waals surface area contributed by atoms with Gasteiger partial charge in [0.15, 0.2) is 0 Å². The van der Waals surface area contributed by atoms with E-state index in [1.807, 2.05) is 45.2 Å². The Kier molecular flexibility index (Phi) is 11.0. The molecule has 2 rings (SSSR count). The number of methoxy groups -OCH3 is 1. The van der Waals surface area contributed by atoms with Crippen molar-refractivity contribution in [1.82, 2.24) is 16.0 Å². The SMILES string of the molecule is CCOc1cc(C(=O)NCC(C)NC)cc(C(OCCNC(=O)OC)c2cccc(Cl)c2)c1. The molecule has 3 N–H and O–H groups in total. The summed E-state index contributed by atoms with van der Waals surface area (Å²) in [6.45, 7) is 5.26. The summed E-state index contributed by atoms with van der Waals surface area (Å²) in [4.78, 5) is 24.2. The number of rotatable bonds is 12. The Hall–Kier alpha value is -2.81. The molecule has 0 radical (unpaired) electrons. The van der Waals surface area contributed by atoms with Crippen LogP contribution in [0, 0.1) is 0 Å². The molecule has 0 spiro atoms. The lowest BCUT2D eigenvalue weighted by Gasteiger charge is -2.21. The second-order valence-electron chi connectivity index (χ2n) is 7.35. The molecule has 8 nitrogen and oxygen atoms in total. The van der Waals surface area contributed by atoms with E-state index in [9.17, 15) is 9.59 Å². The number of halogens is 1. The van der Waals surface area contributed by atoms with E-state index in [0.717, 1.165) is 11.1 Å². The van der Waals surface area contributed by atoms with Crippen molar-refractivity contribution in [3.8, 4) is 5.75 Å². The van der Waals surface area contributed by atoms with Crippen molar-refractivity contribution < 1.29 is 23.8 Å². The van der Waals surface area contributed by atoms with Gasteiger partial charge in [-0.1, -0.05) is 23.7 Å². The molecule has 180 valence electrons. The summed E-state index contributed by atoms with van der Waals surface area (Å²) in [5.41, 5.74) is 2.00. The van der Waals surface area contributed by atoms with Crippen molar-refractivity contribution in [2.24, 2.45) is 0 Å². The van der Waals surface area contributed by atoms with Crippen molar-refractivity contribution >= 4 is 23.6 Å². The Morgan fingerprint density at radius 2 is 1.88 bits per heavy atom. The summed E-state index contributed by atoms with van der Waals surface area (Å²) in [6.07, 6.45) is -1.07. The first kappa shape index (κ1) is 26.4. The number of ether oxygens (including phenoxy) is 3. The normalized spacial score (nSPS) is 12.5. The summed E-state index contributed by atoms with van der Waals surface area (Å²) < 4.78 is 16.4. The fourth-order valence-corrected chi connectivity index (χ4v) is 3.26. The molecule has 2 aromatic carbocycles. The van der Waals surface area contributed by atoms with E-state index >= 15 is 0 Å². The summed E-state index contributed by atoms with van der Waals surface area (Å²) >= 11 is 6.22. The Morgan fingerprint density at radius 1 is 1.09 bits per heavy atom. The summed E-state index contributed by atoms with van der Waals surface area (Å²) in [6, 6.07) is 12.8. The van der Waals surface area contributed by atoms with E-state index in [0.29, 0.717) is 29.5 Å². The molecule has 33 heavy (non-hydrogen) atoms. The van der Waals surface area contributed by atoms with Gasteiger partial charge in [0.05, 0.1) is 20.3 Å². The van der Waals surface area contributed by atoms with Crippen LogP contribution in [0.4, 0.5) is 4.79 Å². The number of alkyl carbamates (subject to hydrolysis) is 1. The number of amides is 2. The third-order valence-electron chi connectivity index (χ3n) is 4.86. The van der Waals surface area contributed by atoms with E-state index < -0.39 is 12.2 Å². The Balaban J connectivity index is 2.35. The zero-order valence-electron chi connectivity index (χ0n) is 19.4. The molecule has 0 fully saturated rings. The molecular weight excluding hydrogens is 446 g/mol. The largest absolute Gasteiger partial charge is 0.494 e. The predicted octanol–water partition coefficient (Wildman–Crippen LogP) is 3.54. The van der Waals surface area contributed by atoms with Crippen LogP contribution < -0.4 is 20.7 Å². The van der Waals surface area contributed by atoms with Crippen molar-refractivity contribution in [2.45, 2.75) is 26.0 Å². The predicted molar refractivity (Wildman–Crippen MR) is 128 cm³/mol. The number of hydrogen-bond acceptors (Lipinski definition) is 6. The van der Waals surface area contributed by atoms with Crippen LogP contribution in [0.3, 0.4) is 0 Å². The lowest BCUT2D eigenvalue weighted by molar-refractivity contribution is 0.0802. The second-order valence-corrected chi connectivity index (χ2v) is 7.78. The molecule has 0 saturated carbocycles. The molecule has 0 saturated heterocycles. The number of carbonyl (C=O) groups excluding carboxylic acids is 2. The van der Waals surface area contributed by atoms with Crippen LogP contribution in [0.15, 0.2) is 42.5 Å². The van der Waals surface area contributed by atoms with Crippen LogP contribution in [-0.4, -0.2) is 58.5 Å². The fourth-order valence-electron chi connectivity index (χ4n) is 3.06. The maximum Gasteiger partial charge on any atom is 0.406 e. The first-order chi connectivity index (χ1) is 15.9. The van der Waals surface area contributed by atoms with Gasteiger partial charge in [-0.15, -0.1) is 0 Å². The molecule has 2 atom stereocenters. The molecule has 9 heteroatoms. The topological polar surface area (TPSA) is 97.9 Å². The molecule has 0 aliphatic heterocycles. The minimum Gasteiger partial charge on any atom is -0.494 e. The standard InChI is InChI=1S/C24H32ClN3O5/c1-5-32-21-13-18(11-19(14-21)23(29)28-15-16(2)26-3)22(17-7-6-8-20(25)12-17)33-10-9-27-24(30)31-4/h6-8,11-14,16,22,26H,5,9-10,15H2,1-4H3,(H,27,30)(H,28,29). The average molecular weight is 478 g/mol. The highest BCUT2D eigenvalue weighted by molar-refractivity contribution is 6.30. The summed E-state index contributed by atoms with van der Waals surface area (Å²) in [5.74, 6) is 0.349. The van der Waals surface area contributed by atoms with E-state index in [1.165, 1.54) is 7.11 Å². The molecule has 0 aliphatic rings. The van der Waals surface area contributed by atoms with Crippen molar-refractivity contribution in [3.05, 3.63) is 64.2 Å². The maximum atomic E-state index is 12.8. The number of benzene rings is 2. The highest BCUT2D eigenvalue weighted by Crippen LogP contribution is 2.31. The first-order valence-electron chi connectivity index (χ1n) is 10.8. The van der Waals surface area contributed by atoms with Crippen LogP contribution in [-0.2, 0) is 9.47 Å². The highest BCUT2D eigenvalue weighted by Gasteiger charge is 2.20. The summed E-state index contributed by atoms with van der Waals surface area (Å²) in [5, 5.41) is 9.17. The van der Waals surface area contributed by atoms with Gasteiger partial charge >= 0.3 is 6.09 Å². The molecule has 0 bridgehead atoms. The summed E-state index contributed by atoms with van der Waals surface area (Å²) in [7, 11) is 3.14. The van der Waals surface area contributed by atoms with Crippen LogP contribution in [0.1, 0.15) is 41.4 Å². The van der Waals surface area contributed by atoms with Gasteiger partial charge in [0, 0.05) is 29.7 Å². The van der Waals surface area contributed by atoms with Gasteiger partial charge in [0.1, 0.15) is 11.9 Å². The molecule has 0 aliphatic carbocycles. The van der Waals surface area contributed by atoms with E-state index in [-0.39, 0.29) is 25.1 Å². The third-order valence-corrected chi connectivity index (χ3v) is 5.09. The van der Waals surface area contributed by atoms with Crippen molar-refractivity contribution in [3.63, 3.8) is 0 Å². The molecular formula is C24H32ClN3O5. The lowest BCUT2D eigenvalue weighted by Crippen LogP contribution is -2.37. The van der Waals surface area contributed by atoms with E-state index in [2.05, 4.69) is 20.7 Å². The van der Waals surface area contributed by atoms with Gasteiger partial charge in [-0.25, -0.2) is 4.79 Å². The zero-order chi connectivity index (χ0) is 24.2. The van der Waals surface area contributed by atoms with Gasteiger partial charge < -0.3 is 30.2 Å². The Bertz CT molecular complexity index is 925. The van der Waals surface area contributed by atoms with E-state index in [1.54, 1.807) is 18.2 Å². The minimum absolute atomic E-state index is 0.133. The molecule has 0 heterocycles. The lowest BCUT2D eigenvalue weighted by atomic mass is 9.98. The number of hydrogen-bond donors (Lipinski definition) is 3. The van der Waals surface area contributed by atoms with Crippen LogP contribution in [0.2, 0.25) is 5.02 Å². The van der Waals surface area contributed by atoms with Gasteiger partial charge in [0.2, 0.25) is 0 Å². The zero-order valence-corrected chi connectivity index (χ0v) is 20.2. The smallest absolute Gasteiger partial charge is 0.406 e. The van der Waals surface area contributed by atoms with Gasteiger partial charge in [0.25, 0.3) is 5.91 Å². The van der Waals surface area contributed by atoms with Gasteiger partial charge in [-0.05, 0) is 62.4 Å². The van der Waals surface area contributed by atoms with Crippen molar-refractivity contribution in [1.29, 1.82) is 0 Å². The monoisotopic (exact) mass is 477 g/mol. The molecule has 2 amide bonds. The maximum absolute atomic E-state index is 12.8. The molecule has 2 unspecified atom stereocenters. The number of nitrogens with one attached hydrogen (secondary N) is 3. The molecule has 0 aromatic heterocycles. The van der Waals surface area contributed by atoms with Crippen LogP contribution in [0.25, 0.3) is 0 Å². The third kappa shape index (κ3) is 8.57. The van der Waals surface area contributed by atoms with Gasteiger partial charge in [-0.2, -0.15) is 0 Å².